The third-order valence-corrected chi connectivity index (χ3v) is 5.90. The number of halogens is 2. The molecule has 0 amide bonds. The number of sulfonamides is 1. The van der Waals surface area contributed by atoms with Crippen LogP contribution in [-0.4, -0.2) is 18.6 Å². The Morgan fingerprint density at radius 3 is 2.75 bits per heavy atom. The van der Waals surface area contributed by atoms with Gasteiger partial charge in [-0.25, -0.2) is 13.1 Å². The van der Waals surface area contributed by atoms with Crippen LogP contribution in [0.1, 0.15) is 11.5 Å². The second kappa shape index (κ2) is 7.20. The van der Waals surface area contributed by atoms with Crippen LogP contribution in [0.2, 0.25) is 10.0 Å². The first-order valence-corrected chi connectivity index (χ1v) is 9.99. The Hall–Kier alpha value is -1.45. The van der Waals surface area contributed by atoms with Gasteiger partial charge in [0, 0.05) is 0 Å². The molecule has 10 heteroatoms. The van der Waals surface area contributed by atoms with Gasteiger partial charge in [-0.15, -0.1) is 11.3 Å². The van der Waals surface area contributed by atoms with Crippen molar-refractivity contribution in [1.29, 1.82) is 0 Å². The molecule has 0 spiro atoms. The summed E-state index contributed by atoms with van der Waals surface area (Å²) in [5.74, 6) is 0.398. The predicted octanol–water partition coefficient (Wildman–Crippen LogP) is 3.72. The summed E-state index contributed by atoms with van der Waals surface area (Å²) < 4.78 is 31.7. The zero-order valence-corrected chi connectivity index (χ0v) is 15.2. The van der Waals surface area contributed by atoms with Crippen molar-refractivity contribution in [2.75, 3.05) is 0 Å². The van der Waals surface area contributed by atoms with Gasteiger partial charge >= 0.3 is 0 Å². The quantitative estimate of drug-likeness (QED) is 0.677. The van der Waals surface area contributed by atoms with Gasteiger partial charge in [0.1, 0.15) is 0 Å². The minimum absolute atomic E-state index is 0.0813. The molecular formula is C14H11Cl2N3O3S2. The largest absolute Gasteiger partial charge is 0.337 e. The molecule has 1 aromatic carbocycles. The maximum absolute atomic E-state index is 12.1. The van der Waals surface area contributed by atoms with Gasteiger partial charge in [-0.1, -0.05) is 40.5 Å². The van der Waals surface area contributed by atoms with Gasteiger partial charge < -0.3 is 4.52 Å². The molecule has 0 atom stereocenters. The average Bonchev–Trinajstić information content (AvgIpc) is 3.19. The molecule has 2 aromatic heterocycles. The molecule has 2 heterocycles. The summed E-state index contributed by atoms with van der Waals surface area (Å²) in [6.07, 6.45) is 0. The molecule has 0 unspecified atom stereocenters. The first-order chi connectivity index (χ1) is 11.4. The van der Waals surface area contributed by atoms with Gasteiger partial charge in [0.2, 0.25) is 21.7 Å². The predicted molar refractivity (Wildman–Crippen MR) is 93.5 cm³/mol. The van der Waals surface area contributed by atoms with E-state index in [-0.39, 0.29) is 18.2 Å². The third kappa shape index (κ3) is 4.34. The summed E-state index contributed by atoms with van der Waals surface area (Å²) in [5, 5.41) is 6.40. The van der Waals surface area contributed by atoms with Gasteiger partial charge in [0.05, 0.1) is 27.2 Å². The van der Waals surface area contributed by atoms with E-state index in [1.54, 1.807) is 12.1 Å². The van der Waals surface area contributed by atoms with Crippen molar-refractivity contribution < 1.29 is 12.9 Å². The molecule has 0 radical (unpaired) electrons. The molecule has 3 aromatic rings. The van der Waals surface area contributed by atoms with Crippen LogP contribution >= 0.6 is 34.5 Å². The topological polar surface area (TPSA) is 85.1 Å². The third-order valence-electron chi connectivity index (χ3n) is 2.99. The van der Waals surface area contributed by atoms with Crippen molar-refractivity contribution in [2.45, 2.75) is 12.3 Å². The first-order valence-electron chi connectivity index (χ1n) is 6.71. The second-order valence-electron chi connectivity index (χ2n) is 4.82. The Kier molecular flexibility index (Phi) is 5.21. The zero-order valence-electron chi connectivity index (χ0n) is 12.1. The number of benzene rings is 1. The van der Waals surface area contributed by atoms with Gasteiger partial charge in [0.15, 0.2) is 0 Å². The standard InChI is InChI=1S/C14H11Cl2N3O3S2/c15-10-4-3-9(6-11(10)16)8-24(20,21)17-7-13-18-14(19-22-13)12-2-1-5-23-12/h1-6,17H,7-8H2. The van der Waals surface area contributed by atoms with Gasteiger partial charge in [0.25, 0.3) is 0 Å². The number of rotatable bonds is 6. The Morgan fingerprint density at radius 1 is 1.21 bits per heavy atom. The summed E-state index contributed by atoms with van der Waals surface area (Å²) in [7, 11) is -3.58. The molecule has 0 aliphatic rings. The van der Waals surface area contributed by atoms with Crippen molar-refractivity contribution in [3.8, 4) is 10.7 Å². The second-order valence-corrected chi connectivity index (χ2v) is 8.39. The van der Waals surface area contributed by atoms with Crippen LogP contribution in [0.3, 0.4) is 0 Å². The highest BCUT2D eigenvalue weighted by molar-refractivity contribution is 7.88. The molecule has 0 bridgehead atoms. The lowest BCUT2D eigenvalue weighted by atomic mass is 10.2. The van der Waals surface area contributed by atoms with Gasteiger partial charge in [-0.05, 0) is 29.1 Å². The van der Waals surface area contributed by atoms with Crippen LogP contribution in [-0.2, 0) is 22.3 Å². The number of nitrogens with zero attached hydrogens (tertiary/aromatic N) is 2. The molecule has 24 heavy (non-hydrogen) atoms. The maximum Gasteiger partial charge on any atom is 0.242 e. The summed E-state index contributed by atoms with van der Waals surface area (Å²) in [5.41, 5.74) is 0.529. The highest BCUT2D eigenvalue weighted by atomic mass is 35.5. The highest BCUT2D eigenvalue weighted by Gasteiger charge is 2.15. The lowest BCUT2D eigenvalue weighted by molar-refractivity contribution is 0.376. The van der Waals surface area contributed by atoms with E-state index < -0.39 is 10.0 Å². The summed E-state index contributed by atoms with van der Waals surface area (Å²) in [6, 6.07) is 8.41. The van der Waals surface area contributed by atoms with E-state index in [1.807, 2.05) is 17.5 Å². The number of nitrogens with one attached hydrogen (secondary N) is 1. The number of aromatic nitrogens is 2. The fourth-order valence-corrected chi connectivity index (χ4v) is 3.94. The molecular weight excluding hydrogens is 393 g/mol. The Morgan fingerprint density at radius 2 is 2.04 bits per heavy atom. The molecule has 1 N–H and O–H groups in total. The van der Waals surface area contributed by atoms with Gasteiger partial charge in [-0.3, -0.25) is 0 Å². The molecule has 6 nitrogen and oxygen atoms in total. The van der Waals surface area contributed by atoms with E-state index >= 15 is 0 Å². The number of hydrogen-bond donors (Lipinski definition) is 1. The van der Waals surface area contributed by atoms with Crippen LogP contribution < -0.4 is 4.72 Å². The smallest absolute Gasteiger partial charge is 0.242 e. The van der Waals surface area contributed by atoms with Crippen molar-refractivity contribution in [3.05, 3.63) is 57.2 Å². The van der Waals surface area contributed by atoms with E-state index in [0.717, 1.165) is 4.88 Å². The summed E-state index contributed by atoms with van der Waals surface area (Å²) >= 11 is 13.2. The van der Waals surface area contributed by atoms with Crippen LogP contribution in [0, 0.1) is 0 Å². The van der Waals surface area contributed by atoms with Gasteiger partial charge in [-0.2, -0.15) is 4.98 Å². The van der Waals surface area contributed by atoms with E-state index in [0.29, 0.717) is 21.4 Å². The van der Waals surface area contributed by atoms with E-state index in [9.17, 15) is 8.42 Å². The maximum atomic E-state index is 12.1. The molecule has 0 saturated carbocycles. The van der Waals surface area contributed by atoms with E-state index in [2.05, 4.69) is 14.9 Å². The normalized spacial score (nSPS) is 11.8. The van der Waals surface area contributed by atoms with Crippen LogP contribution in [0.4, 0.5) is 0 Å². The monoisotopic (exact) mass is 403 g/mol. The van der Waals surface area contributed by atoms with Crippen LogP contribution in [0.25, 0.3) is 10.7 Å². The lowest BCUT2D eigenvalue weighted by Crippen LogP contribution is -2.24. The van der Waals surface area contributed by atoms with Crippen LogP contribution in [0.15, 0.2) is 40.2 Å². The van der Waals surface area contributed by atoms with Crippen molar-refractivity contribution in [3.63, 3.8) is 0 Å². The lowest BCUT2D eigenvalue weighted by Gasteiger charge is -2.05. The molecule has 126 valence electrons. The Bertz CT molecular complexity index is 940. The van der Waals surface area contributed by atoms with E-state index in [4.69, 9.17) is 27.7 Å². The minimum Gasteiger partial charge on any atom is -0.337 e. The Labute approximate surface area is 152 Å². The average molecular weight is 404 g/mol. The molecule has 0 fully saturated rings. The zero-order chi connectivity index (χ0) is 17.2. The molecule has 0 saturated heterocycles. The molecule has 3 rings (SSSR count). The van der Waals surface area contributed by atoms with E-state index in [1.165, 1.54) is 17.4 Å². The highest BCUT2D eigenvalue weighted by Crippen LogP contribution is 2.24. The van der Waals surface area contributed by atoms with Crippen molar-refractivity contribution in [2.24, 2.45) is 0 Å². The summed E-state index contributed by atoms with van der Waals surface area (Å²) in [6.45, 7) is -0.0813. The van der Waals surface area contributed by atoms with Crippen LogP contribution in [0.5, 0.6) is 0 Å². The number of hydrogen-bond acceptors (Lipinski definition) is 6. The van der Waals surface area contributed by atoms with Crippen molar-refractivity contribution in [1.82, 2.24) is 14.9 Å². The fourth-order valence-electron chi connectivity index (χ4n) is 1.90. The van der Waals surface area contributed by atoms with Crippen molar-refractivity contribution >= 4 is 44.6 Å². The fraction of sp³-hybridized carbons (Fsp3) is 0.143. The first kappa shape index (κ1) is 17.4. The SMILES string of the molecule is O=S(=O)(Cc1ccc(Cl)c(Cl)c1)NCc1nc(-c2cccs2)no1. The Balaban J connectivity index is 1.63. The molecule has 0 aliphatic carbocycles. The number of thiophene rings is 1. The summed E-state index contributed by atoms with van der Waals surface area (Å²) in [4.78, 5) is 5.01. The minimum atomic E-state index is -3.58. The molecule has 0 aliphatic heterocycles.